The van der Waals surface area contributed by atoms with Crippen LogP contribution in [0, 0.1) is 29.2 Å². The lowest BCUT2D eigenvalue weighted by Gasteiger charge is -2.28. The minimum Gasteiger partial charge on any atom is -0.336 e. The number of nitrogens with zero attached hydrogens (tertiary/aromatic N) is 12. The molecule has 3 aromatic heterocycles. The van der Waals surface area contributed by atoms with E-state index in [1.54, 1.807) is 43.0 Å². The summed E-state index contributed by atoms with van der Waals surface area (Å²) in [6.07, 6.45) is -26.8. The van der Waals surface area contributed by atoms with Gasteiger partial charge in [0.2, 0.25) is 17.7 Å². The van der Waals surface area contributed by atoms with Crippen molar-refractivity contribution in [1.82, 2.24) is 58.1 Å². The summed E-state index contributed by atoms with van der Waals surface area (Å²) < 4.78 is 527. The van der Waals surface area contributed by atoms with Crippen molar-refractivity contribution in [3.63, 3.8) is 0 Å². The summed E-state index contributed by atoms with van der Waals surface area (Å²) >= 11 is 0.0276. The normalized spacial score (nSPS) is 21.6. The lowest BCUT2D eigenvalue weighted by Crippen LogP contribution is -2.40. The largest absolute Gasteiger partial charge is 0.416 e. The third-order valence-electron chi connectivity index (χ3n) is 21.8. The molecule has 18 nitrogen and oxygen atoms in total. The number of amides is 3. The fourth-order valence-electron chi connectivity index (χ4n) is 14.2. The van der Waals surface area contributed by atoms with Gasteiger partial charge in [0, 0.05) is 143 Å². The van der Waals surface area contributed by atoms with Crippen molar-refractivity contribution in [2.45, 2.75) is 190 Å². The highest BCUT2D eigenvalue weighted by Crippen LogP contribution is 2.38. The molecule has 0 spiro atoms. The number of thioether (sulfide) groups is 3. The SMILES string of the molecule is [2H]C([2H])(Sc1nc(=O)c2c(n1C([2H])([2H])C(=O)N(CCN(C([2H])([2H])C)C([2H])([2H])C)Cc1ccc(-c3ccc(C(F)(F)F)cc3)cc1)C([2H])([2H])C([2H])(C)C2([2H])[2H])c1ccc(F)cc1.[2H]C([2H])(Sc1nc(=O)c2c(n1C([2H])([2H])C(=O)N(CCN(C([2H])([2H])C)C([2H])([2H])C)Cc1ccc(-c3ccc(C(F)(F)F)cc3)cc1)CCC2)c1ccc(F)cc1.[2H]c1c([2H])c(C([2H])([2H])Sc2nc(=O)c3c(n2C([2H])([2H])C(=O)N(CCN(CC)CC)Cc2c([2H])c([2H])c(-c4c([2H])c([2H])c(C(F)(F)F)c([2H])c4[2H])c([2H])c2[2H])C([2H])([2H])C([2H])(C)C3([2H])[2H])c([2H])c([2H])c1F. The second-order valence-electron chi connectivity index (χ2n) is 31.3. The van der Waals surface area contributed by atoms with Crippen LogP contribution in [0.1, 0.15) is 203 Å². The van der Waals surface area contributed by atoms with E-state index < -0.39 is 352 Å². The van der Waals surface area contributed by atoms with Crippen LogP contribution in [-0.4, -0.2) is 154 Å². The highest BCUT2D eigenvalue weighted by molar-refractivity contribution is 7.98. The Morgan fingerprint density at radius 1 is 0.364 bits per heavy atom. The quantitative estimate of drug-likeness (QED) is 0.0202. The lowest BCUT2D eigenvalue weighted by atomic mass is 10.0. The lowest BCUT2D eigenvalue weighted by molar-refractivity contribution is -0.138. The molecule has 0 N–H and O–H groups in total. The van der Waals surface area contributed by atoms with Crippen LogP contribution in [-0.2, 0) is 127 Å². The Morgan fingerprint density at radius 2 is 0.678 bits per heavy atom. The van der Waals surface area contributed by atoms with Crippen LogP contribution in [0.25, 0.3) is 33.4 Å². The molecular formula is C110H118F12N12O6S3. The van der Waals surface area contributed by atoms with Crippen LogP contribution >= 0.6 is 35.3 Å². The monoisotopic (exact) mass is 2070 g/mol. The van der Waals surface area contributed by atoms with E-state index in [2.05, 4.69) is 15.0 Å². The molecule has 0 saturated heterocycles. The van der Waals surface area contributed by atoms with E-state index in [0.717, 1.165) is 119 Å². The molecule has 0 bridgehead atoms. The number of likely N-dealkylation sites (N-methyl/N-ethyl adjacent to an activating group) is 3. The Hall–Kier alpha value is -11.9. The van der Waals surface area contributed by atoms with Crippen LogP contribution in [0.2, 0.25) is 0 Å². The molecular weight excluding hydrogens is 1910 g/mol. The standard InChI is InChI=1S/2C37H40F4N4O2S.C36H38F4N4O2S/c2*1-4-43(5-2)18-19-44(22-26-6-10-28(11-7-26)29-12-14-30(15-13-29)37(39,40)41)34(46)23-45-33-21-25(3)20-32(33)35(47)42-36(45)48-24-27-8-16-31(38)17-9-27;1-3-42(4-2)20-21-43(22-25-8-12-27(13-9-25)28-14-16-29(17-15-28)36(38,39)40)33(45)23-44-32-7-5-6-31(32)34(46)41-35(44)47-24-26-10-18-30(37)19-11-26/h2*6-17,25H,4-5,18-24H2,1-3H3;8-19H,3-7,20-24H2,1-2H3/i6D,7D,8D,9D,10D,11D,12D,13D,14D,15D,16D,17D,20D2,21D2,23D2,24D2,25D;4D2,5D2,20D2,21D2,23D2,24D2,25D;3D2,4D2,23D2,24D2. The van der Waals surface area contributed by atoms with Gasteiger partial charge in [-0.1, -0.05) is 236 Å². The van der Waals surface area contributed by atoms with Gasteiger partial charge in [-0.25, -0.2) is 13.2 Å². The summed E-state index contributed by atoms with van der Waals surface area (Å²) in [7, 11) is 0. The third kappa shape index (κ3) is 29.7. The summed E-state index contributed by atoms with van der Waals surface area (Å²) in [4.78, 5) is 102. The summed E-state index contributed by atoms with van der Waals surface area (Å²) in [5, 5.41) is -2.68. The fraction of sp³-hybridized carbons (Fsp3) is 0.373. The van der Waals surface area contributed by atoms with Gasteiger partial charge in [0.05, 0.1) is 41.4 Å². The van der Waals surface area contributed by atoms with Gasteiger partial charge >= 0.3 is 18.5 Å². The van der Waals surface area contributed by atoms with Crippen LogP contribution in [0.5, 0.6) is 0 Å². The number of rotatable bonds is 39. The Balaban J connectivity index is 0.000000226. The maximum absolute atomic E-state index is 15.0. The number of hydrogen-bond acceptors (Lipinski definition) is 15. The highest BCUT2D eigenvalue weighted by atomic mass is 32.2. The predicted octanol–water partition coefficient (Wildman–Crippen LogP) is 22.2. The Kier molecular flexibility index (Phi) is 22.7. The van der Waals surface area contributed by atoms with E-state index in [1.165, 1.54) is 60.7 Å². The second-order valence-corrected chi connectivity index (χ2v) is 33.6. The van der Waals surface area contributed by atoms with Crippen molar-refractivity contribution in [3.8, 4) is 33.4 Å². The van der Waals surface area contributed by atoms with Crippen molar-refractivity contribution in [3.05, 3.63) is 350 Å². The number of aromatic nitrogens is 6. The smallest absolute Gasteiger partial charge is 0.336 e. The zero-order valence-electron chi connectivity index (χ0n) is 119. The maximum atomic E-state index is 15.0. The minimum atomic E-state index is -5.38. The minimum absolute atomic E-state index is 0.00350. The van der Waals surface area contributed by atoms with E-state index in [9.17, 15) is 84.9 Å². The number of alkyl halides is 9. The van der Waals surface area contributed by atoms with Gasteiger partial charge in [0.1, 0.15) is 36.9 Å². The van der Waals surface area contributed by atoms with Gasteiger partial charge < -0.3 is 43.1 Å². The van der Waals surface area contributed by atoms with Crippen molar-refractivity contribution >= 4 is 53.0 Å². The van der Waals surface area contributed by atoms with Gasteiger partial charge in [-0.05, 0) is 235 Å². The van der Waals surface area contributed by atoms with Crippen LogP contribution in [0.15, 0.2) is 248 Å². The topological polar surface area (TPSA) is 175 Å². The third-order valence-corrected chi connectivity index (χ3v) is 24.1. The van der Waals surface area contributed by atoms with Gasteiger partial charge in [-0.2, -0.15) is 54.5 Å². The Morgan fingerprint density at radius 3 is 1.03 bits per heavy atom. The summed E-state index contributed by atoms with van der Waals surface area (Å²) in [6.45, 7) is -14.2. The molecule has 0 aliphatic heterocycles. The first kappa shape index (κ1) is 64.8. The van der Waals surface area contributed by atoms with Crippen LogP contribution in [0.3, 0.4) is 0 Å². The molecule has 756 valence electrons. The molecule has 3 amide bonds. The maximum Gasteiger partial charge on any atom is 0.416 e. The van der Waals surface area contributed by atoms with Gasteiger partial charge in [0.15, 0.2) is 15.5 Å². The van der Waals surface area contributed by atoms with Gasteiger partial charge in [-0.3, -0.25) is 28.8 Å². The van der Waals surface area contributed by atoms with E-state index in [-0.39, 0.29) is 99.6 Å². The number of carbonyl (C=O) groups is 3. The Bertz CT molecular complexity index is 8740. The molecule has 9 aromatic carbocycles. The molecule has 2 atom stereocenters. The first-order valence-electron chi connectivity index (χ1n) is 64.7. The first-order chi connectivity index (χ1) is 84.4. The predicted molar refractivity (Wildman–Crippen MR) is 539 cm³/mol. The molecule has 0 fully saturated rings. The van der Waals surface area contributed by atoms with Crippen LogP contribution in [0.4, 0.5) is 52.7 Å². The molecule has 143 heavy (non-hydrogen) atoms. The summed E-state index contributed by atoms with van der Waals surface area (Å²) in [5.74, 6) is -13.4. The van der Waals surface area contributed by atoms with Crippen molar-refractivity contribution in [2.75, 3.05) is 78.3 Å². The van der Waals surface area contributed by atoms with Gasteiger partial charge in [0.25, 0.3) is 16.7 Å². The summed E-state index contributed by atoms with van der Waals surface area (Å²) in [6, 6.07) is 14.1. The molecule has 3 heterocycles. The molecule has 3 aliphatic carbocycles. The van der Waals surface area contributed by atoms with Crippen molar-refractivity contribution < 1.29 is 125 Å². The highest BCUT2D eigenvalue weighted by Gasteiger charge is 2.36. The molecule has 2 unspecified atom stereocenters. The molecule has 12 aromatic rings. The molecule has 0 saturated carbocycles. The zero-order chi connectivity index (χ0) is 140. The average Bonchev–Trinajstić information content (AvgIpc) is 1.51. The number of carbonyl (C=O) groups excluding carboxylic acids is 3. The molecule has 3 aliphatic rings. The summed E-state index contributed by atoms with van der Waals surface area (Å²) in [5.41, 5.74) is -21.9. The first-order valence-corrected chi connectivity index (χ1v) is 46.2. The van der Waals surface area contributed by atoms with Crippen molar-refractivity contribution in [2.24, 2.45) is 11.8 Å². The van der Waals surface area contributed by atoms with E-state index in [1.807, 2.05) is 0 Å². The fourth-order valence-corrected chi connectivity index (χ4v) is 16.3. The van der Waals surface area contributed by atoms with Crippen molar-refractivity contribution in [1.29, 1.82) is 0 Å². The average molecular weight is 2070 g/mol. The van der Waals surface area contributed by atoms with E-state index >= 15 is 4.79 Å². The number of fused-ring (bicyclic) bond motifs is 3. The van der Waals surface area contributed by atoms with Gasteiger partial charge in [-0.15, -0.1) is 0 Å². The Labute approximate surface area is 897 Å². The molecule has 0 radical (unpaired) electrons. The number of hydrogen-bond donors (Lipinski definition) is 0. The van der Waals surface area contributed by atoms with E-state index in [4.69, 9.17) is 49.3 Å². The number of benzene rings is 9. The number of halogens is 12. The molecule has 15 rings (SSSR count). The second kappa shape index (κ2) is 50.1. The van der Waals surface area contributed by atoms with E-state index in [0.29, 0.717) is 70.9 Å². The zero-order valence-corrected chi connectivity index (χ0v) is 79.8. The molecule has 33 heteroatoms. The van der Waals surface area contributed by atoms with Crippen LogP contribution < -0.4 is 16.7 Å².